The first-order chi connectivity index (χ1) is 14.2. The third-order valence-corrected chi connectivity index (χ3v) is 5.88. The summed E-state index contributed by atoms with van der Waals surface area (Å²) in [6.07, 6.45) is 3.07. The first-order valence-electron chi connectivity index (χ1n) is 10.2. The molecule has 30 heavy (non-hydrogen) atoms. The first-order valence-corrected chi connectivity index (χ1v) is 11.5. The fourth-order valence-electron chi connectivity index (χ4n) is 3.65. The molecule has 1 N–H and O–H groups in total. The molecule has 3 rings (SSSR count). The molecule has 2 amide bonds. The minimum atomic E-state index is -0.583. The summed E-state index contributed by atoms with van der Waals surface area (Å²) in [5.74, 6) is -0.168. The number of nitrogens with one attached hydrogen (secondary N) is 1. The van der Waals surface area contributed by atoms with Crippen molar-refractivity contribution in [2.75, 3.05) is 18.1 Å². The van der Waals surface area contributed by atoms with Crippen LogP contribution in [0.2, 0.25) is 0 Å². The number of hydrogen-bond acceptors (Lipinski definition) is 4. The molecule has 1 heterocycles. The van der Waals surface area contributed by atoms with Gasteiger partial charge in [0.2, 0.25) is 5.91 Å². The highest BCUT2D eigenvalue weighted by atomic mass is 32.2. The quantitative estimate of drug-likeness (QED) is 0.635. The molecular formula is C24H30N2O3S. The van der Waals surface area contributed by atoms with Gasteiger partial charge >= 0.3 is 6.09 Å². The average Bonchev–Trinajstić information content (AvgIpc) is 3.18. The van der Waals surface area contributed by atoms with Gasteiger partial charge in [-0.1, -0.05) is 24.3 Å². The average molecular weight is 427 g/mol. The Morgan fingerprint density at radius 1 is 1.17 bits per heavy atom. The zero-order valence-corrected chi connectivity index (χ0v) is 19.1. The smallest absolute Gasteiger partial charge is 0.410 e. The van der Waals surface area contributed by atoms with Gasteiger partial charge in [0.15, 0.2) is 0 Å². The van der Waals surface area contributed by atoms with E-state index in [0.29, 0.717) is 13.0 Å². The van der Waals surface area contributed by atoms with Crippen LogP contribution in [0.4, 0.5) is 10.5 Å². The molecule has 1 aliphatic heterocycles. The van der Waals surface area contributed by atoms with Crippen molar-refractivity contribution in [2.24, 2.45) is 0 Å². The number of rotatable bonds is 4. The van der Waals surface area contributed by atoms with Crippen LogP contribution in [0.25, 0.3) is 11.1 Å². The number of nitrogens with zero attached hydrogens (tertiary/aromatic N) is 1. The lowest BCUT2D eigenvalue weighted by atomic mass is 10.0. The van der Waals surface area contributed by atoms with Crippen LogP contribution in [0.15, 0.2) is 47.4 Å². The largest absolute Gasteiger partial charge is 0.444 e. The van der Waals surface area contributed by atoms with E-state index in [-0.39, 0.29) is 5.91 Å². The van der Waals surface area contributed by atoms with Crippen molar-refractivity contribution < 1.29 is 14.3 Å². The molecule has 0 aliphatic carbocycles. The molecule has 1 fully saturated rings. The Morgan fingerprint density at radius 3 is 2.57 bits per heavy atom. The zero-order chi connectivity index (χ0) is 21.9. The topological polar surface area (TPSA) is 58.6 Å². The summed E-state index contributed by atoms with van der Waals surface area (Å²) in [4.78, 5) is 28.2. The molecule has 0 saturated carbocycles. The van der Waals surface area contributed by atoms with E-state index >= 15 is 0 Å². The number of hydrogen-bond donors (Lipinski definition) is 1. The van der Waals surface area contributed by atoms with Gasteiger partial charge in [0.1, 0.15) is 11.6 Å². The Bertz CT molecular complexity index is 936. The summed E-state index contributed by atoms with van der Waals surface area (Å²) in [5.41, 5.74) is 3.46. The SMILES string of the molecule is CSc1ccccc1-c1ccc(NC(=O)C2CCCN2C(=O)OC(C)(C)C)c(C)c1. The van der Waals surface area contributed by atoms with Crippen LogP contribution in [-0.2, 0) is 9.53 Å². The third kappa shape index (κ3) is 5.17. The van der Waals surface area contributed by atoms with Gasteiger partial charge in [-0.05, 0) is 81.7 Å². The van der Waals surface area contributed by atoms with Crippen molar-refractivity contribution >= 4 is 29.4 Å². The second-order valence-electron chi connectivity index (χ2n) is 8.55. The predicted octanol–water partition coefficient (Wildman–Crippen LogP) is 5.72. The standard InChI is InChI=1S/C24H30N2O3S/c1-16-15-17(18-9-6-7-11-21(18)30-5)12-13-19(16)25-22(27)20-10-8-14-26(20)23(28)29-24(2,3)4/h6-7,9,11-13,15,20H,8,10,14H2,1-5H3,(H,25,27). The third-order valence-electron chi connectivity index (χ3n) is 5.09. The lowest BCUT2D eigenvalue weighted by molar-refractivity contribution is -0.120. The minimum absolute atomic E-state index is 0.168. The van der Waals surface area contributed by atoms with E-state index in [1.165, 1.54) is 10.5 Å². The maximum atomic E-state index is 12.9. The van der Waals surface area contributed by atoms with Crippen molar-refractivity contribution in [2.45, 2.75) is 57.1 Å². The van der Waals surface area contributed by atoms with Crippen LogP contribution >= 0.6 is 11.8 Å². The van der Waals surface area contributed by atoms with Crippen LogP contribution in [0, 0.1) is 6.92 Å². The van der Waals surface area contributed by atoms with Crippen LogP contribution < -0.4 is 5.32 Å². The lowest BCUT2D eigenvalue weighted by Gasteiger charge is -2.28. The van der Waals surface area contributed by atoms with Gasteiger partial charge in [0, 0.05) is 17.1 Å². The maximum Gasteiger partial charge on any atom is 0.410 e. The molecule has 5 nitrogen and oxygen atoms in total. The van der Waals surface area contributed by atoms with Crippen molar-refractivity contribution in [3.05, 3.63) is 48.0 Å². The number of ether oxygens (including phenoxy) is 1. The van der Waals surface area contributed by atoms with Gasteiger partial charge in [-0.2, -0.15) is 0 Å². The van der Waals surface area contributed by atoms with Crippen molar-refractivity contribution in [1.29, 1.82) is 0 Å². The number of benzene rings is 2. The van der Waals surface area contributed by atoms with E-state index in [9.17, 15) is 9.59 Å². The van der Waals surface area contributed by atoms with E-state index in [2.05, 4.69) is 29.8 Å². The zero-order valence-electron chi connectivity index (χ0n) is 18.3. The number of thioether (sulfide) groups is 1. The highest BCUT2D eigenvalue weighted by Crippen LogP contribution is 2.32. The molecule has 1 saturated heterocycles. The van der Waals surface area contributed by atoms with Crippen LogP contribution in [0.1, 0.15) is 39.2 Å². The normalized spacial score (nSPS) is 16.4. The molecule has 2 aromatic rings. The number of aryl methyl sites for hydroxylation is 1. The molecule has 6 heteroatoms. The second kappa shape index (κ2) is 9.13. The molecule has 160 valence electrons. The van der Waals surface area contributed by atoms with Gasteiger partial charge in [0.05, 0.1) is 0 Å². The predicted molar refractivity (Wildman–Crippen MR) is 123 cm³/mol. The van der Waals surface area contributed by atoms with E-state index in [0.717, 1.165) is 23.2 Å². The molecule has 0 radical (unpaired) electrons. The summed E-state index contributed by atoms with van der Waals surface area (Å²) in [5, 5.41) is 3.01. The van der Waals surface area contributed by atoms with Crippen molar-refractivity contribution in [3.8, 4) is 11.1 Å². The molecule has 0 bridgehead atoms. The number of carbonyl (C=O) groups is 2. The molecule has 1 unspecified atom stereocenters. The Kier molecular flexibility index (Phi) is 6.76. The van der Waals surface area contributed by atoms with Gasteiger partial charge in [-0.3, -0.25) is 9.69 Å². The Balaban J connectivity index is 1.74. The number of anilines is 1. The fourth-order valence-corrected chi connectivity index (χ4v) is 4.27. The number of likely N-dealkylation sites (tertiary alicyclic amines) is 1. The van der Waals surface area contributed by atoms with Gasteiger partial charge in [-0.25, -0.2) is 4.79 Å². The van der Waals surface area contributed by atoms with Crippen LogP contribution in [0.5, 0.6) is 0 Å². The van der Waals surface area contributed by atoms with Crippen molar-refractivity contribution in [3.63, 3.8) is 0 Å². The van der Waals surface area contributed by atoms with E-state index in [1.54, 1.807) is 16.7 Å². The van der Waals surface area contributed by atoms with Crippen LogP contribution in [0.3, 0.4) is 0 Å². The first kappa shape index (κ1) is 22.2. The fraction of sp³-hybridized carbons (Fsp3) is 0.417. The monoisotopic (exact) mass is 426 g/mol. The van der Waals surface area contributed by atoms with Crippen LogP contribution in [-0.4, -0.2) is 41.3 Å². The van der Waals surface area contributed by atoms with E-state index in [4.69, 9.17) is 4.74 Å². The Morgan fingerprint density at radius 2 is 1.90 bits per heavy atom. The lowest BCUT2D eigenvalue weighted by Crippen LogP contribution is -2.45. The second-order valence-corrected chi connectivity index (χ2v) is 9.40. The Labute approximate surface area is 183 Å². The summed E-state index contributed by atoms with van der Waals surface area (Å²) in [7, 11) is 0. The summed E-state index contributed by atoms with van der Waals surface area (Å²) < 4.78 is 5.47. The molecule has 0 aromatic heterocycles. The van der Waals surface area contributed by atoms with Gasteiger partial charge in [-0.15, -0.1) is 11.8 Å². The molecule has 2 aromatic carbocycles. The highest BCUT2D eigenvalue weighted by Gasteiger charge is 2.36. The maximum absolute atomic E-state index is 12.9. The molecule has 0 spiro atoms. The Hall–Kier alpha value is -2.47. The summed E-state index contributed by atoms with van der Waals surface area (Å²) in [6, 6.07) is 13.8. The number of carbonyl (C=O) groups excluding carboxylic acids is 2. The molecule has 1 aliphatic rings. The molecular weight excluding hydrogens is 396 g/mol. The van der Waals surface area contributed by atoms with Gasteiger partial charge < -0.3 is 10.1 Å². The number of amides is 2. The summed E-state index contributed by atoms with van der Waals surface area (Å²) >= 11 is 1.72. The molecule has 1 atom stereocenters. The van der Waals surface area contributed by atoms with E-state index < -0.39 is 17.7 Å². The van der Waals surface area contributed by atoms with E-state index in [1.807, 2.05) is 52.0 Å². The van der Waals surface area contributed by atoms with Crippen molar-refractivity contribution in [1.82, 2.24) is 4.90 Å². The minimum Gasteiger partial charge on any atom is -0.444 e. The van der Waals surface area contributed by atoms with Gasteiger partial charge in [0.25, 0.3) is 0 Å². The highest BCUT2D eigenvalue weighted by molar-refractivity contribution is 7.98. The summed E-state index contributed by atoms with van der Waals surface area (Å²) in [6.45, 7) is 8.01.